The zero-order valence-electron chi connectivity index (χ0n) is 13.1. The summed E-state index contributed by atoms with van der Waals surface area (Å²) in [6.45, 7) is 8.31. The standard InChI is InChI=1S/C19H25NO/c1-4-6-7-14(3)17-12-13-18(20-21)19(17)16-10-8-15(5-2)9-11-16/h5,8-11,14,21H,2,4,6-7,12-13H2,1,3H3/b20-18+. The molecule has 0 aliphatic heterocycles. The van der Waals surface area contributed by atoms with Gasteiger partial charge in [0.25, 0.3) is 0 Å². The molecule has 1 aromatic carbocycles. The molecule has 2 nitrogen and oxygen atoms in total. The van der Waals surface area contributed by atoms with Crippen LogP contribution in [0.2, 0.25) is 0 Å². The van der Waals surface area contributed by atoms with E-state index in [1.807, 2.05) is 6.08 Å². The molecule has 1 N–H and O–H groups in total. The second-order valence-electron chi connectivity index (χ2n) is 5.82. The van der Waals surface area contributed by atoms with Gasteiger partial charge in [-0.05, 0) is 36.3 Å². The van der Waals surface area contributed by atoms with Gasteiger partial charge in [-0.3, -0.25) is 0 Å². The van der Waals surface area contributed by atoms with Crippen molar-refractivity contribution in [2.24, 2.45) is 11.1 Å². The largest absolute Gasteiger partial charge is 0.411 e. The fraction of sp³-hybridized carbons (Fsp3) is 0.421. The lowest BCUT2D eigenvalue weighted by molar-refractivity contribution is 0.319. The molecule has 1 atom stereocenters. The van der Waals surface area contributed by atoms with Crippen molar-refractivity contribution in [3.8, 4) is 0 Å². The Labute approximate surface area is 127 Å². The Morgan fingerprint density at radius 1 is 1.29 bits per heavy atom. The highest BCUT2D eigenvalue weighted by Crippen LogP contribution is 2.37. The van der Waals surface area contributed by atoms with Crippen molar-refractivity contribution in [1.29, 1.82) is 0 Å². The zero-order chi connectivity index (χ0) is 15.2. The van der Waals surface area contributed by atoms with Gasteiger partial charge in [-0.25, -0.2) is 0 Å². The fourth-order valence-corrected chi connectivity index (χ4v) is 3.10. The van der Waals surface area contributed by atoms with Crippen molar-refractivity contribution in [3.63, 3.8) is 0 Å². The number of oxime groups is 1. The van der Waals surface area contributed by atoms with Gasteiger partial charge in [-0.2, -0.15) is 0 Å². The van der Waals surface area contributed by atoms with Gasteiger partial charge >= 0.3 is 0 Å². The fourth-order valence-electron chi connectivity index (χ4n) is 3.10. The Balaban J connectivity index is 2.38. The van der Waals surface area contributed by atoms with Crippen LogP contribution >= 0.6 is 0 Å². The maximum Gasteiger partial charge on any atom is 0.0876 e. The molecule has 0 saturated carbocycles. The average Bonchev–Trinajstić information content (AvgIpc) is 2.96. The lowest BCUT2D eigenvalue weighted by Gasteiger charge is -2.15. The van der Waals surface area contributed by atoms with E-state index in [1.54, 1.807) is 0 Å². The Bertz CT molecular complexity index is 551. The highest BCUT2D eigenvalue weighted by Gasteiger charge is 2.26. The minimum atomic E-state index is 0.554. The number of allylic oxidation sites excluding steroid dienone is 2. The van der Waals surface area contributed by atoms with Crippen LogP contribution in [0.15, 0.2) is 41.6 Å². The van der Waals surface area contributed by atoms with Crippen LogP contribution in [0, 0.1) is 5.92 Å². The van der Waals surface area contributed by atoms with Gasteiger partial charge in [0.1, 0.15) is 0 Å². The molecule has 1 aliphatic carbocycles. The number of benzene rings is 1. The molecule has 0 fully saturated rings. The Morgan fingerprint density at radius 2 is 2.00 bits per heavy atom. The monoisotopic (exact) mass is 283 g/mol. The molecular weight excluding hydrogens is 258 g/mol. The molecule has 0 bridgehead atoms. The molecule has 0 amide bonds. The van der Waals surface area contributed by atoms with Crippen LogP contribution in [0.4, 0.5) is 0 Å². The maximum atomic E-state index is 9.31. The molecule has 1 aliphatic rings. The first-order valence-corrected chi connectivity index (χ1v) is 7.88. The molecule has 112 valence electrons. The van der Waals surface area contributed by atoms with E-state index in [4.69, 9.17) is 0 Å². The van der Waals surface area contributed by atoms with Crippen LogP contribution in [-0.2, 0) is 0 Å². The molecule has 2 heteroatoms. The topological polar surface area (TPSA) is 32.6 Å². The molecule has 21 heavy (non-hydrogen) atoms. The number of rotatable bonds is 6. The summed E-state index contributed by atoms with van der Waals surface area (Å²) in [5.74, 6) is 0.554. The highest BCUT2D eigenvalue weighted by atomic mass is 16.4. The van der Waals surface area contributed by atoms with Crippen LogP contribution in [0.1, 0.15) is 57.1 Å². The van der Waals surface area contributed by atoms with Gasteiger partial charge in [0.05, 0.1) is 5.71 Å². The van der Waals surface area contributed by atoms with Gasteiger partial charge in [0, 0.05) is 5.57 Å². The third kappa shape index (κ3) is 3.44. The third-order valence-electron chi connectivity index (χ3n) is 4.38. The molecule has 0 spiro atoms. The molecule has 0 aromatic heterocycles. The lowest BCUT2D eigenvalue weighted by atomic mass is 9.89. The van der Waals surface area contributed by atoms with Gasteiger partial charge in [-0.15, -0.1) is 0 Å². The summed E-state index contributed by atoms with van der Waals surface area (Å²) in [5.41, 5.74) is 5.71. The number of unbranched alkanes of at least 4 members (excludes halogenated alkanes) is 1. The van der Waals surface area contributed by atoms with Crippen molar-refractivity contribution in [2.45, 2.75) is 46.0 Å². The zero-order valence-corrected chi connectivity index (χ0v) is 13.1. The summed E-state index contributed by atoms with van der Waals surface area (Å²) in [5, 5.41) is 12.9. The molecule has 2 rings (SSSR count). The van der Waals surface area contributed by atoms with Crippen LogP contribution in [0.25, 0.3) is 11.6 Å². The second kappa shape index (κ2) is 7.26. The molecule has 0 radical (unpaired) electrons. The smallest absolute Gasteiger partial charge is 0.0876 e. The molecular formula is C19H25NO. The summed E-state index contributed by atoms with van der Waals surface area (Å²) in [4.78, 5) is 0. The van der Waals surface area contributed by atoms with Crippen LogP contribution in [-0.4, -0.2) is 10.9 Å². The Hall–Kier alpha value is -1.83. The van der Waals surface area contributed by atoms with E-state index in [9.17, 15) is 5.21 Å². The van der Waals surface area contributed by atoms with Crippen molar-refractivity contribution < 1.29 is 5.21 Å². The minimum Gasteiger partial charge on any atom is -0.411 e. The molecule has 0 heterocycles. The van der Waals surface area contributed by atoms with Gasteiger partial charge in [0.2, 0.25) is 0 Å². The first-order chi connectivity index (χ1) is 10.2. The summed E-state index contributed by atoms with van der Waals surface area (Å²) >= 11 is 0. The summed E-state index contributed by atoms with van der Waals surface area (Å²) in [6, 6.07) is 8.35. The molecule has 0 saturated heterocycles. The van der Waals surface area contributed by atoms with E-state index in [0.29, 0.717) is 5.92 Å². The van der Waals surface area contributed by atoms with E-state index >= 15 is 0 Å². The highest BCUT2D eigenvalue weighted by molar-refractivity contribution is 6.26. The number of nitrogens with zero attached hydrogens (tertiary/aromatic N) is 1. The second-order valence-corrected chi connectivity index (χ2v) is 5.82. The first kappa shape index (κ1) is 15.6. The summed E-state index contributed by atoms with van der Waals surface area (Å²) < 4.78 is 0. The van der Waals surface area contributed by atoms with Crippen LogP contribution in [0.5, 0.6) is 0 Å². The van der Waals surface area contributed by atoms with Crippen molar-refractivity contribution in [2.75, 3.05) is 0 Å². The van der Waals surface area contributed by atoms with Gasteiger partial charge in [0.15, 0.2) is 0 Å². The normalized spacial score (nSPS) is 18.3. The van der Waals surface area contributed by atoms with Gasteiger partial charge in [-0.1, -0.05) is 74.3 Å². The maximum absolute atomic E-state index is 9.31. The van der Waals surface area contributed by atoms with Crippen molar-refractivity contribution in [1.82, 2.24) is 0 Å². The van der Waals surface area contributed by atoms with Crippen LogP contribution in [0.3, 0.4) is 0 Å². The predicted octanol–water partition coefficient (Wildman–Crippen LogP) is 5.53. The van der Waals surface area contributed by atoms with E-state index in [0.717, 1.165) is 35.3 Å². The molecule has 1 aromatic rings. The molecule has 1 unspecified atom stereocenters. The van der Waals surface area contributed by atoms with Gasteiger partial charge < -0.3 is 5.21 Å². The quantitative estimate of drug-likeness (QED) is 0.540. The van der Waals surface area contributed by atoms with E-state index in [2.05, 4.69) is 49.8 Å². The SMILES string of the molecule is C=Cc1ccc(C2=C(C(C)CCCC)CC/C2=N\O)cc1. The Kier molecular flexibility index (Phi) is 5.38. The van der Waals surface area contributed by atoms with E-state index < -0.39 is 0 Å². The Morgan fingerprint density at radius 3 is 2.57 bits per heavy atom. The summed E-state index contributed by atoms with van der Waals surface area (Å²) in [6.07, 6.45) is 7.39. The minimum absolute atomic E-state index is 0.554. The number of hydrogen-bond donors (Lipinski definition) is 1. The first-order valence-electron chi connectivity index (χ1n) is 7.88. The van der Waals surface area contributed by atoms with Crippen LogP contribution < -0.4 is 0 Å². The van der Waals surface area contributed by atoms with Crippen molar-refractivity contribution in [3.05, 3.63) is 47.5 Å². The van der Waals surface area contributed by atoms with Crippen molar-refractivity contribution >= 4 is 17.4 Å². The summed E-state index contributed by atoms with van der Waals surface area (Å²) in [7, 11) is 0. The lowest BCUT2D eigenvalue weighted by Crippen LogP contribution is -2.02. The predicted molar refractivity (Wildman–Crippen MR) is 90.6 cm³/mol. The average molecular weight is 283 g/mol. The van der Waals surface area contributed by atoms with E-state index in [-0.39, 0.29) is 0 Å². The third-order valence-corrected chi connectivity index (χ3v) is 4.38. The van der Waals surface area contributed by atoms with E-state index in [1.165, 1.54) is 24.8 Å². The number of hydrogen-bond acceptors (Lipinski definition) is 2.